The molecule has 0 bridgehead atoms. The van der Waals surface area contributed by atoms with Gasteiger partial charge in [0.2, 0.25) is 0 Å². The van der Waals surface area contributed by atoms with Crippen LogP contribution < -0.4 is 10.1 Å². The molecule has 1 aromatic heterocycles. The number of hydrogen-bond acceptors (Lipinski definition) is 4. The Hall–Kier alpha value is -2.07. The van der Waals surface area contributed by atoms with Crippen molar-refractivity contribution in [3.63, 3.8) is 0 Å². The SMILES string of the molecule is CCCc1ccccc1Nc1nc2ccc(OC)cc2s1. The Morgan fingerprint density at radius 2 is 2.05 bits per heavy atom. The fourth-order valence-corrected chi connectivity index (χ4v) is 3.24. The Kier molecular flexibility index (Phi) is 4.06. The highest BCUT2D eigenvalue weighted by Gasteiger charge is 2.07. The molecule has 4 heteroatoms. The molecule has 0 fully saturated rings. The maximum atomic E-state index is 5.26. The number of rotatable bonds is 5. The Labute approximate surface area is 128 Å². The van der Waals surface area contributed by atoms with Gasteiger partial charge in [0.05, 0.1) is 17.3 Å². The van der Waals surface area contributed by atoms with Crippen LogP contribution in [0.2, 0.25) is 0 Å². The number of fused-ring (bicyclic) bond motifs is 1. The monoisotopic (exact) mass is 298 g/mol. The number of anilines is 2. The normalized spacial score (nSPS) is 10.8. The van der Waals surface area contributed by atoms with Crippen LogP contribution in [0.25, 0.3) is 10.2 Å². The molecule has 1 N–H and O–H groups in total. The van der Waals surface area contributed by atoms with Crippen LogP contribution in [-0.2, 0) is 6.42 Å². The molecule has 2 aromatic carbocycles. The molecule has 0 saturated heterocycles. The molecule has 1 heterocycles. The molecule has 3 rings (SSSR count). The zero-order valence-electron chi connectivity index (χ0n) is 12.2. The summed E-state index contributed by atoms with van der Waals surface area (Å²) in [6.07, 6.45) is 2.21. The van der Waals surface area contributed by atoms with E-state index < -0.39 is 0 Å². The summed E-state index contributed by atoms with van der Waals surface area (Å²) in [5, 5.41) is 4.37. The Morgan fingerprint density at radius 3 is 2.86 bits per heavy atom. The molecule has 3 nitrogen and oxygen atoms in total. The molecule has 0 saturated carbocycles. The third-order valence-electron chi connectivity index (χ3n) is 3.37. The third-order valence-corrected chi connectivity index (χ3v) is 4.31. The van der Waals surface area contributed by atoms with Gasteiger partial charge in [-0.2, -0.15) is 0 Å². The van der Waals surface area contributed by atoms with Gasteiger partial charge in [-0.05, 0) is 36.2 Å². The minimum Gasteiger partial charge on any atom is -0.497 e. The minimum absolute atomic E-state index is 0.865. The first-order chi connectivity index (χ1) is 10.3. The highest BCUT2D eigenvalue weighted by molar-refractivity contribution is 7.22. The number of aromatic nitrogens is 1. The fraction of sp³-hybridized carbons (Fsp3) is 0.235. The number of benzene rings is 2. The lowest BCUT2D eigenvalue weighted by Crippen LogP contribution is -1.95. The van der Waals surface area contributed by atoms with E-state index in [2.05, 4.69) is 41.5 Å². The van der Waals surface area contributed by atoms with Gasteiger partial charge >= 0.3 is 0 Å². The molecular formula is C17H18N2OS. The lowest BCUT2D eigenvalue weighted by atomic mass is 10.1. The summed E-state index contributed by atoms with van der Waals surface area (Å²) in [5.41, 5.74) is 3.47. The van der Waals surface area contributed by atoms with E-state index in [9.17, 15) is 0 Å². The lowest BCUT2D eigenvalue weighted by Gasteiger charge is -2.08. The standard InChI is InChI=1S/C17H18N2OS/c1-3-6-12-7-4-5-8-14(12)18-17-19-15-10-9-13(20-2)11-16(15)21-17/h4-5,7-11H,3,6H2,1-2H3,(H,18,19). The number of methoxy groups -OCH3 is 1. The second-order valence-electron chi connectivity index (χ2n) is 4.88. The lowest BCUT2D eigenvalue weighted by molar-refractivity contribution is 0.415. The summed E-state index contributed by atoms with van der Waals surface area (Å²) in [5.74, 6) is 0.865. The predicted octanol–water partition coefficient (Wildman–Crippen LogP) is 5.00. The maximum absolute atomic E-state index is 5.26. The van der Waals surface area contributed by atoms with Crippen molar-refractivity contribution in [2.75, 3.05) is 12.4 Å². The van der Waals surface area contributed by atoms with Gasteiger partial charge < -0.3 is 10.1 Å². The van der Waals surface area contributed by atoms with E-state index in [4.69, 9.17) is 4.74 Å². The van der Waals surface area contributed by atoms with Crippen LogP contribution in [0.4, 0.5) is 10.8 Å². The number of nitrogens with one attached hydrogen (secondary N) is 1. The first-order valence-electron chi connectivity index (χ1n) is 7.09. The Bertz CT molecular complexity index is 751. The average molecular weight is 298 g/mol. The summed E-state index contributed by atoms with van der Waals surface area (Å²) in [6, 6.07) is 14.4. The zero-order chi connectivity index (χ0) is 14.7. The molecule has 0 radical (unpaired) electrons. The van der Waals surface area contributed by atoms with Crippen molar-refractivity contribution in [2.45, 2.75) is 19.8 Å². The highest BCUT2D eigenvalue weighted by atomic mass is 32.1. The number of hydrogen-bond donors (Lipinski definition) is 1. The second-order valence-corrected chi connectivity index (χ2v) is 5.92. The van der Waals surface area contributed by atoms with Gasteiger partial charge in [-0.15, -0.1) is 0 Å². The number of ether oxygens (including phenoxy) is 1. The van der Waals surface area contributed by atoms with Gasteiger partial charge in [0.1, 0.15) is 5.75 Å². The molecule has 0 aliphatic heterocycles. The van der Waals surface area contributed by atoms with Gasteiger partial charge in [0.25, 0.3) is 0 Å². The first kappa shape index (κ1) is 13.9. The van der Waals surface area contributed by atoms with Crippen LogP contribution in [0.5, 0.6) is 5.75 Å². The predicted molar refractivity (Wildman–Crippen MR) is 89.9 cm³/mol. The van der Waals surface area contributed by atoms with E-state index in [0.717, 1.165) is 39.6 Å². The van der Waals surface area contributed by atoms with E-state index in [1.165, 1.54) is 5.56 Å². The topological polar surface area (TPSA) is 34.2 Å². The van der Waals surface area contributed by atoms with Crippen molar-refractivity contribution in [2.24, 2.45) is 0 Å². The fourth-order valence-electron chi connectivity index (χ4n) is 2.33. The molecule has 0 spiro atoms. The molecular weight excluding hydrogens is 280 g/mol. The van der Waals surface area contributed by atoms with Crippen LogP contribution in [0.3, 0.4) is 0 Å². The van der Waals surface area contributed by atoms with Gasteiger partial charge in [-0.25, -0.2) is 4.98 Å². The molecule has 3 aromatic rings. The smallest absolute Gasteiger partial charge is 0.188 e. The van der Waals surface area contributed by atoms with E-state index in [1.807, 2.05) is 18.2 Å². The Balaban J connectivity index is 1.91. The van der Waals surface area contributed by atoms with Crippen LogP contribution >= 0.6 is 11.3 Å². The summed E-state index contributed by atoms with van der Waals surface area (Å²) >= 11 is 1.65. The second kappa shape index (κ2) is 6.14. The summed E-state index contributed by atoms with van der Waals surface area (Å²) < 4.78 is 6.39. The van der Waals surface area contributed by atoms with Gasteiger partial charge in [-0.1, -0.05) is 42.9 Å². The van der Waals surface area contributed by atoms with Crippen molar-refractivity contribution in [1.29, 1.82) is 0 Å². The van der Waals surface area contributed by atoms with Crippen LogP contribution in [-0.4, -0.2) is 12.1 Å². The molecule has 108 valence electrons. The molecule has 0 atom stereocenters. The number of thiazole rings is 1. The third kappa shape index (κ3) is 3.00. The highest BCUT2D eigenvalue weighted by Crippen LogP contribution is 2.31. The van der Waals surface area contributed by atoms with E-state index in [0.29, 0.717) is 0 Å². The van der Waals surface area contributed by atoms with E-state index in [-0.39, 0.29) is 0 Å². The van der Waals surface area contributed by atoms with Crippen molar-refractivity contribution < 1.29 is 4.74 Å². The van der Waals surface area contributed by atoms with Crippen molar-refractivity contribution in [1.82, 2.24) is 4.98 Å². The van der Waals surface area contributed by atoms with Gasteiger partial charge in [0, 0.05) is 5.69 Å². The summed E-state index contributed by atoms with van der Waals surface area (Å²) in [4.78, 5) is 4.64. The molecule has 0 aliphatic carbocycles. The van der Waals surface area contributed by atoms with Crippen LogP contribution in [0.15, 0.2) is 42.5 Å². The van der Waals surface area contributed by atoms with Gasteiger partial charge in [-0.3, -0.25) is 0 Å². The zero-order valence-corrected chi connectivity index (χ0v) is 13.0. The largest absolute Gasteiger partial charge is 0.497 e. The van der Waals surface area contributed by atoms with E-state index >= 15 is 0 Å². The molecule has 0 aliphatic rings. The quantitative estimate of drug-likeness (QED) is 0.719. The molecule has 0 amide bonds. The summed E-state index contributed by atoms with van der Waals surface area (Å²) in [7, 11) is 1.68. The van der Waals surface area contributed by atoms with Crippen LogP contribution in [0, 0.1) is 0 Å². The maximum Gasteiger partial charge on any atom is 0.188 e. The molecule has 0 unspecified atom stereocenters. The number of nitrogens with zero attached hydrogens (tertiary/aromatic N) is 1. The number of para-hydroxylation sites is 1. The average Bonchev–Trinajstić information content (AvgIpc) is 2.90. The minimum atomic E-state index is 0.865. The number of aryl methyl sites for hydroxylation is 1. The van der Waals surface area contributed by atoms with E-state index in [1.54, 1.807) is 18.4 Å². The van der Waals surface area contributed by atoms with Crippen LogP contribution in [0.1, 0.15) is 18.9 Å². The Morgan fingerprint density at radius 1 is 1.19 bits per heavy atom. The van der Waals surface area contributed by atoms with Crippen molar-refractivity contribution >= 4 is 32.4 Å². The van der Waals surface area contributed by atoms with Gasteiger partial charge in [0.15, 0.2) is 5.13 Å². The van der Waals surface area contributed by atoms with Crippen molar-refractivity contribution in [3.05, 3.63) is 48.0 Å². The summed E-state index contributed by atoms with van der Waals surface area (Å²) in [6.45, 7) is 2.20. The first-order valence-corrected chi connectivity index (χ1v) is 7.91. The molecule has 21 heavy (non-hydrogen) atoms. The van der Waals surface area contributed by atoms with Crippen molar-refractivity contribution in [3.8, 4) is 5.75 Å².